The van der Waals surface area contributed by atoms with Gasteiger partial charge in [0.1, 0.15) is 37.1 Å². The van der Waals surface area contributed by atoms with Crippen molar-refractivity contribution in [3.05, 3.63) is 204 Å². The molecule has 2 aliphatic rings. The summed E-state index contributed by atoms with van der Waals surface area (Å²) in [6.07, 6.45) is -5.47. The number of nitrogens with zero attached hydrogens (tertiary/aromatic N) is 5. The third kappa shape index (κ3) is 12.4. The first-order chi connectivity index (χ1) is 37.1. The Morgan fingerprint density at radius 3 is 2.17 bits per heavy atom. The first kappa shape index (κ1) is 53.3. The number of hydrogen-bond donors (Lipinski definition) is 2. The first-order valence-corrected chi connectivity index (χ1v) is 24.6. The molecule has 1 aliphatic carbocycles. The highest BCUT2D eigenvalue weighted by Crippen LogP contribution is 2.44. The molecule has 1 aromatic heterocycles. The number of alkyl halides is 3. The monoisotopic (exact) mass is 1060 g/mol. The van der Waals surface area contributed by atoms with E-state index in [0.29, 0.717) is 39.7 Å². The predicted molar refractivity (Wildman–Crippen MR) is 272 cm³/mol. The Bertz CT molecular complexity index is 3360. The lowest BCUT2D eigenvalue weighted by Crippen LogP contribution is -2.53. The zero-order valence-electron chi connectivity index (χ0n) is 41.2. The number of piperazine rings is 1. The predicted octanol–water partition coefficient (Wildman–Crippen LogP) is 8.64. The Labute approximate surface area is 437 Å². The second-order valence-corrected chi connectivity index (χ2v) is 18.4. The fourth-order valence-corrected chi connectivity index (χ4v) is 9.50. The lowest BCUT2D eigenvalue weighted by Gasteiger charge is -2.36. The summed E-state index contributed by atoms with van der Waals surface area (Å²) in [5, 5.41) is 22.5. The molecule has 0 spiro atoms. The summed E-state index contributed by atoms with van der Waals surface area (Å²) in [4.78, 5) is 69.2. The van der Waals surface area contributed by atoms with Gasteiger partial charge in [-0.2, -0.15) is 18.3 Å². The van der Waals surface area contributed by atoms with Crippen molar-refractivity contribution in [3.63, 3.8) is 0 Å². The maximum Gasteiger partial charge on any atom is 0.419 e. The van der Waals surface area contributed by atoms with Gasteiger partial charge in [0.2, 0.25) is 5.91 Å². The van der Waals surface area contributed by atoms with E-state index in [1.165, 1.54) is 45.0 Å². The maximum absolute atomic E-state index is 15.3. The van der Waals surface area contributed by atoms with Crippen LogP contribution >= 0.6 is 0 Å². The van der Waals surface area contributed by atoms with Gasteiger partial charge in [0.15, 0.2) is 0 Å². The number of nitro groups is 1. The van der Waals surface area contributed by atoms with E-state index in [-0.39, 0.29) is 119 Å². The van der Waals surface area contributed by atoms with E-state index in [2.05, 4.69) is 15.5 Å². The van der Waals surface area contributed by atoms with Crippen LogP contribution in [0.25, 0.3) is 21.9 Å². The third-order valence-electron chi connectivity index (χ3n) is 13.5. The molecule has 0 radical (unpaired) electrons. The average Bonchev–Trinajstić information content (AvgIpc) is 3.81. The smallest absolute Gasteiger partial charge is 0.419 e. The number of amides is 3. The number of benzene rings is 6. The summed E-state index contributed by atoms with van der Waals surface area (Å²) in [5.74, 6) is -3.25. The van der Waals surface area contributed by atoms with E-state index in [4.69, 9.17) is 14.2 Å². The molecule has 0 unspecified atom stereocenters. The molecule has 21 heteroatoms. The quantitative estimate of drug-likeness (QED) is 0.0341. The van der Waals surface area contributed by atoms with Crippen LogP contribution < -0.4 is 15.6 Å². The number of carbonyl (C=O) groups is 3. The van der Waals surface area contributed by atoms with Gasteiger partial charge in [-0.15, -0.1) is 0 Å². The Hall–Kier alpha value is -8.56. The summed E-state index contributed by atoms with van der Waals surface area (Å²) in [6, 6.07) is 33.1. The number of fused-ring (bicyclic) bond motifs is 4. The number of hydrogen-bond acceptors (Lipinski definition) is 11. The lowest BCUT2D eigenvalue weighted by atomic mass is 9.98. The molecule has 2 heterocycles. The van der Waals surface area contributed by atoms with Crippen molar-refractivity contribution in [2.24, 2.45) is 0 Å². The molecule has 16 nitrogen and oxygen atoms in total. The summed E-state index contributed by atoms with van der Waals surface area (Å²) < 4.78 is 86.7. The zero-order valence-corrected chi connectivity index (χ0v) is 41.2. The SMILES string of the molecule is O=C(CN(CCOCCNCc1cc([N+](=O)[O-])ccc1OCc1ccc(F)c(C(F)(F)F)c1)C(=O)OCC1c2ccccc2-c2ccccc21)N1CCN(C(=O)c2cc(Cc3n[nH]c(=O)c4ccccc34)ccc2F)CC1. The van der Waals surface area contributed by atoms with Crippen molar-refractivity contribution in [2.45, 2.75) is 31.7 Å². The summed E-state index contributed by atoms with van der Waals surface area (Å²) in [5.41, 5.74) is 3.34. The molecule has 1 fully saturated rings. The second kappa shape index (κ2) is 23.5. The molecule has 2 N–H and O–H groups in total. The number of H-pyrrole nitrogens is 1. The fraction of sp³-hybridized carbons (Fsp3) is 0.268. The van der Waals surface area contributed by atoms with Crippen molar-refractivity contribution in [3.8, 4) is 16.9 Å². The number of aromatic nitrogens is 2. The second-order valence-electron chi connectivity index (χ2n) is 18.4. The Morgan fingerprint density at radius 2 is 1.45 bits per heavy atom. The summed E-state index contributed by atoms with van der Waals surface area (Å²) in [7, 11) is 0. The van der Waals surface area contributed by atoms with Crippen LogP contribution in [0.3, 0.4) is 0 Å². The molecule has 398 valence electrons. The van der Waals surface area contributed by atoms with Crippen LogP contribution in [0, 0.1) is 21.7 Å². The topological polar surface area (TPSA) is 190 Å². The highest BCUT2D eigenvalue weighted by Gasteiger charge is 2.35. The van der Waals surface area contributed by atoms with Crippen molar-refractivity contribution in [2.75, 3.05) is 65.6 Å². The minimum atomic E-state index is -4.92. The molecule has 1 saturated heterocycles. The van der Waals surface area contributed by atoms with Gasteiger partial charge in [-0.05, 0) is 69.8 Å². The third-order valence-corrected chi connectivity index (χ3v) is 13.5. The standard InChI is InChI=1S/C56H50F5N7O9/c57-48-16-13-35(29-50-43-11-5-6-12-44(43)53(70)64-63-50)27-45(48)54(71)66-22-20-65(21-23-66)52(69)32-67(55(72)77-34-46-41-9-3-1-7-39(41)40-8-2-4-10-42(40)46)24-26-75-25-19-62-31-37-30-38(68(73)74)15-18-51(37)76-33-36-14-17-49(58)47(28-36)56(59,60)61/h1-18,27-28,30,46,62H,19-26,29,31-34H2,(H,64,70). The van der Waals surface area contributed by atoms with Gasteiger partial charge in [0.25, 0.3) is 17.2 Å². The van der Waals surface area contributed by atoms with Crippen molar-refractivity contribution < 1.29 is 55.5 Å². The van der Waals surface area contributed by atoms with E-state index in [0.717, 1.165) is 28.3 Å². The van der Waals surface area contributed by atoms with Crippen LogP contribution in [-0.4, -0.2) is 113 Å². The highest BCUT2D eigenvalue weighted by molar-refractivity contribution is 5.95. The van der Waals surface area contributed by atoms with Gasteiger partial charge in [-0.25, -0.2) is 18.7 Å². The number of nitrogens with one attached hydrogen (secondary N) is 2. The lowest BCUT2D eigenvalue weighted by molar-refractivity contribution is -0.384. The fourth-order valence-electron chi connectivity index (χ4n) is 9.50. The minimum absolute atomic E-state index is 0.0132. The van der Waals surface area contributed by atoms with E-state index in [9.17, 15) is 46.9 Å². The summed E-state index contributed by atoms with van der Waals surface area (Å²) >= 11 is 0. The van der Waals surface area contributed by atoms with Crippen LogP contribution in [0.1, 0.15) is 55.4 Å². The Kier molecular flexibility index (Phi) is 16.3. The number of carbonyl (C=O) groups excluding carboxylic acids is 3. The van der Waals surface area contributed by atoms with E-state index >= 15 is 4.39 Å². The number of aromatic amines is 1. The normalized spacial score (nSPS) is 13.3. The number of ether oxygens (including phenoxy) is 3. The van der Waals surface area contributed by atoms with Gasteiger partial charge in [-0.3, -0.25) is 29.4 Å². The highest BCUT2D eigenvalue weighted by atomic mass is 19.4. The minimum Gasteiger partial charge on any atom is -0.489 e. The first-order valence-electron chi connectivity index (χ1n) is 24.6. The van der Waals surface area contributed by atoms with Crippen LogP contribution in [0.2, 0.25) is 0 Å². The zero-order chi connectivity index (χ0) is 54.2. The van der Waals surface area contributed by atoms with Gasteiger partial charge in [-0.1, -0.05) is 78.9 Å². The number of halogens is 5. The Balaban J connectivity index is 0.810. The van der Waals surface area contributed by atoms with Gasteiger partial charge in [0, 0.05) is 81.2 Å². The van der Waals surface area contributed by atoms with Crippen molar-refractivity contribution >= 4 is 34.4 Å². The van der Waals surface area contributed by atoms with Crippen LogP contribution in [0.15, 0.2) is 132 Å². The molecule has 9 rings (SSSR count). The molecule has 6 aromatic carbocycles. The maximum atomic E-state index is 15.3. The van der Waals surface area contributed by atoms with E-state index in [1.54, 1.807) is 30.3 Å². The van der Waals surface area contributed by atoms with E-state index in [1.807, 2.05) is 48.5 Å². The van der Waals surface area contributed by atoms with Gasteiger partial charge in [0.05, 0.1) is 40.3 Å². The summed E-state index contributed by atoms with van der Waals surface area (Å²) in [6.45, 7) is -0.228. The number of non-ortho nitro benzene ring substituents is 1. The van der Waals surface area contributed by atoms with Crippen molar-refractivity contribution in [1.82, 2.24) is 30.2 Å². The molecule has 1 aliphatic heterocycles. The van der Waals surface area contributed by atoms with Gasteiger partial charge >= 0.3 is 12.3 Å². The molecule has 0 saturated carbocycles. The molecular weight excluding hydrogens is 1010 g/mol. The van der Waals surface area contributed by atoms with Crippen LogP contribution in [0.4, 0.5) is 32.4 Å². The van der Waals surface area contributed by atoms with Gasteiger partial charge < -0.3 is 29.3 Å². The molecule has 3 amide bonds. The average molecular weight is 1060 g/mol. The number of nitro benzene ring substituents is 1. The molecule has 0 bridgehead atoms. The molecule has 0 atom stereocenters. The molecule has 7 aromatic rings. The van der Waals surface area contributed by atoms with Crippen molar-refractivity contribution in [1.29, 1.82) is 0 Å². The number of rotatable bonds is 19. The van der Waals surface area contributed by atoms with Crippen LogP contribution in [0.5, 0.6) is 5.75 Å². The Morgan fingerprint density at radius 1 is 0.792 bits per heavy atom. The largest absolute Gasteiger partial charge is 0.489 e. The molecule has 77 heavy (non-hydrogen) atoms. The van der Waals surface area contributed by atoms with E-state index < -0.39 is 46.2 Å². The van der Waals surface area contributed by atoms with Crippen LogP contribution in [-0.2, 0) is 40.0 Å². The molecular formula is C56H50F5N7O9.